The number of thiazole rings is 1. The molecule has 19 heavy (non-hydrogen) atoms. The van der Waals surface area contributed by atoms with Crippen LogP contribution in [-0.2, 0) is 0 Å². The fraction of sp³-hybridized carbons (Fsp3) is 0.308. The molecular weight excluding hydrogens is 270 g/mol. The highest BCUT2D eigenvalue weighted by Gasteiger charge is 2.28. The van der Waals surface area contributed by atoms with E-state index in [2.05, 4.69) is 9.72 Å². The molecule has 2 aromatic rings. The number of rotatable bonds is 4. The summed E-state index contributed by atoms with van der Waals surface area (Å²) in [5.74, 6) is 0.692. The van der Waals surface area contributed by atoms with Crippen LogP contribution in [0.25, 0.3) is 11.3 Å². The number of alkyl halides is 2. The molecule has 0 unspecified atom stereocenters. The van der Waals surface area contributed by atoms with Crippen molar-refractivity contribution in [2.24, 2.45) is 0 Å². The van der Waals surface area contributed by atoms with Crippen molar-refractivity contribution in [1.82, 2.24) is 4.98 Å². The minimum Gasteiger partial charge on any atom is -0.435 e. The van der Waals surface area contributed by atoms with Gasteiger partial charge in [-0.1, -0.05) is 0 Å². The summed E-state index contributed by atoms with van der Waals surface area (Å²) in [6.45, 7) is -2.81. The fourth-order valence-electron chi connectivity index (χ4n) is 1.86. The van der Waals surface area contributed by atoms with Crippen LogP contribution in [0.4, 0.5) is 13.8 Å². The minimum atomic E-state index is -2.81. The van der Waals surface area contributed by atoms with E-state index in [1.165, 1.54) is 36.3 Å². The molecule has 0 aliphatic heterocycles. The third-order valence-electron chi connectivity index (χ3n) is 2.95. The number of aromatic nitrogens is 1. The van der Waals surface area contributed by atoms with Crippen LogP contribution in [0, 0.1) is 0 Å². The van der Waals surface area contributed by atoms with Gasteiger partial charge < -0.3 is 10.5 Å². The van der Waals surface area contributed by atoms with Crippen molar-refractivity contribution in [3.63, 3.8) is 0 Å². The van der Waals surface area contributed by atoms with Gasteiger partial charge in [-0.2, -0.15) is 8.78 Å². The lowest BCUT2D eigenvalue weighted by molar-refractivity contribution is -0.0498. The summed E-state index contributed by atoms with van der Waals surface area (Å²) in [6.07, 6.45) is 2.35. The molecule has 100 valence electrons. The van der Waals surface area contributed by atoms with E-state index in [0.29, 0.717) is 10.9 Å². The topological polar surface area (TPSA) is 48.1 Å². The highest BCUT2D eigenvalue weighted by atomic mass is 32.1. The maximum atomic E-state index is 12.1. The van der Waals surface area contributed by atoms with Gasteiger partial charge in [-0.25, -0.2) is 4.98 Å². The Kier molecular flexibility index (Phi) is 3.10. The van der Waals surface area contributed by atoms with Crippen molar-refractivity contribution in [2.75, 3.05) is 5.73 Å². The summed E-state index contributed by atoms with van der Waals surface area (Å²) in [4.78, 5) is 4.54. The van der Waals surface area contributed by atoms with E-state index in [1.54, 1.807) is 12.1 Å². The number of halogens is 2. The third-order valence-corrected chi connectivity index (χ3v) is 4.00. The first-order valence-corrected chi connectivity index (χ1v) is 6.76. The molecule has 0 saturated heterocycles. The van der Waals surface area contributed by atoms with E-state index in [4.69, 9.17) is 5.73 Å². The Hall–Kier alpha value is -1.69. The van der Waals surface area contributed by atoms with Crippen molar-refractivity contribution < 1.29 is 13.5 Å². The van der Waals surface area contributed by atoms with Gasteiger partial charge in [0, 0.05) is 11.5 Å². The summed E-state index contributed by atoms with van der Waals surface area (Å²) in [5, 5.41) is 1.74. The molecule has 0 spiro atoms. The van der Waals surface area contributed by atoms with Crippen LogP contribution in [0.15, 0.2) is 24.3 Å². The minimum absolute atomic E-state index is 0.134. The van der Waals surface area contributed by atoms with E-state index >= 15 is 0 Å². The molecule has 1 aromatic heterocycles. The molecule has 1 aliphatic rings. The average Bonchev–Trinajstić information content (AvgIpc) is 3.14. The highest BCUT2D eigenvalue weighted by Crippen LogP contribution is 2.45. The van der Waals surface area contributed by atoms with Crippen LogP contribution in [0.1, 0.15) is 23.8 Å². The summed E-state index contributed by atoms with van der Waals surface area (Å²) in [6, 6.07) is 6.38. The molecule has 0 radical (unpaired) electrons. The van der Waals surface area contributed by atoms with Gasteiger partial charge in [0.1, 0.15) is 16.4 Å². The maximum Gasteiger partial charge on any atom is 0.387 e. The largest absolute Gasteiger partial charge is 0.435 e. The number of ether oxygens (including phenoxy) is 1. The monoisotopic (exact) mass is 282 g/mol. The zero-order valence-corrected chi connectivity index (χ0v) is 10.8. The Morgan fingerprint density at radius 3 is 2.53 bits per heavy atom. The van der Waals surface area contributed by atoms with Crippen molar-refractivity contribution in [1.29, 1.82) is 0 Å². The van der Waals surface area contributed by atoms with Crippen molar-refractivity contribution >= 4 is 16.3 Å². The van der Waals surface area contributed by atoms with Crippen molar-refractivity contribution in [3.05, 3.63) is 29.3 Å². The Morgan fingerprint density at radius 1 is 1.26 bits per heavy atom. The molecule has 1 fully saturated rings. The normalized spacial score (nSPS) is 14.9. The molecule has 0 atom stereocenters. The number of anilines is 1. The fourth-order valence-corrected chi connectivity index (χ4v) is 2.88. The number of nitrogen functional groups attached to an aromatic ring is 1. The first kappa shape index (κ1) is 12.3. The molecule has 0 bridgehead atoms. The van der Waals surface area contributed by atoms with E-state index < -0.39 is 6.61 Å². The van der Waals surface area contributed by atoms with E-state index in [9.17, 15) is 8.78 Å². The number of benzene rings is 1. The Labute approximate surface area is 113 Å². The maximum absolute atomic E-state index is 12.1. The number of hydrogen-bond donors (Lipinski definition) is 1. The predicted molar refractivity (Wildman–Crippen MR) is 70.6 cm³/mol. The third kappa shape index (κ3) is 2.68. The van der Waals surface area contributed by atoms with Crippen LogP contribution in [0.3, 0.4) is 0 Å². The molecule has 2 N–H and O–H groups in total. The lowest BCUT2D eigenvalue weighted by Gasteiger charge is -2.04. The number of hydrogen-bond acceptors (Lipinski definition) is 4. The molecule has 3 nitrogen and oxygen atoms in total. The van der Waals surface area contributed by atoms with Gasteiger partial charge in [-0.15, -0.1) is 11.3 Å². The van der Waals surface area contributed by atoms with Gasteiger partial charge in [0.05, 0.1) is 5.01 Å². The Bertz CT molecular complexity index is 579. The van der Waals surface area contributed by atoms with Crippen LogP contribution in [0.5, 0.6) is 5.75 Å². The summed E-state index contributed by atoms with van der Waals surface area (Å²) < 4.78 is 28.4. The zero-order valence-electron chi connectivity index (χ0n) is 9.98. The molecule has 6 heteroatoms. The number of nitrogens with two attached hydrogens (primary N) is 1. The first-order chi connectivity index (χ1) is 9.13. The molecule has 0 amide bonds. The Morgan fingerprint density at radius 2 is 1.95 bits per heavy atom. The molecule has 1 aromatic carbocycles. The predicted octanol–water partition coefficient (Wildman–Crippen LogP) is 3.87. The quantitative estimate of drug-likeness (QED) is 0.926. The van der Waals surface area contributed by atoms with Gasteiger partial charge in [0.15, 0.2) is 0 Å². The second-order valence-electron chi connectivity index (χ2n) is 4.44. The molecule has 1 heterocycles. The van der Waals surface area contributed by atoms with Gasteiger partial charge >= 0.3 is 6.61 Å². The van der Waals surface area contributed by atoms with Crippen molar-refractivity contribution in [3.8, 4) is 17.0 Å². The summed E-state index contributed by atoms with van der Waals surface area (Å²) >= 11 is 1.51. The van der Waals surface area contributed by atoms with E-state index in [0.717, 1.165) is 16.3 Å². The first-order valence-electron chi connectivity index (χ1n) is 5.95. The number of nitrogens with zero attached hydrogens (tertiary/aromatic N) is 1. The van der Waals surface area contributed by atoms with Crippen LogP contribution < -0.4 is 10.5 Å². The van der Waals surface area contributed by atoms with Gasteiger partial charge in [0.25, 0.3) is 0 Å². The van der Waals surface area contributed by atoms with Crippen molar-refractivity contribution in [2.45, 2.75) is 25.4 Å². The second-order valence-corrected chi connectivity index (χ2v) is 5.50. The SMILES string of the molecule is Nc1sc(C2CC2)nc1-c1ccc(OC(F)F)cc1. The zero-order chi connectivity index (χ0) is 13.4. The molecule has 3 rings (SSSR count). The van der Waals surface area contributed by atoms with Gasteiger partial charge in [-0.05, 0) is 37.1 Å². The van der Waals surface area contributed by atoms with Crippen LogP contribution >= 0.6 is 11.3 Å². The van der Waals surface area contributed by atoms with E-state index in [-0.39, 0.29) is 5.75 Å². The van der Waals surface area contributed by atoms with Gasteiger partial charge in [-0.3, -0.25) is 0 Å². The van der Waals surface area contributed by atoms with Crippen LogP contribution in [-0.4, -0.2) is 11.6 Å². The average molecular weight is 282 g/mol. The summed E-state index contributed by atoms with van der Waals surface area (Å²) in [5.41, 5.74) is 7.52. The van der Waals surface area contributed by atoms with E-state index in [1.807, 2.05) is 0 Å². The van der Waals surface area contributed by atoms with Gasteiger partial charge in [0.2, 0.25) is 0 Å². The summed E-state index contributed by atoms with van der Waals surface area (Å²) in [7, 11) is 0. The molecular formula is C13H12F2N2OS. The Balaban J connectivity index is 1.85. The standard InChI is InChI=1S/C13H12F2N2OS/c14-13(15)18-9-5-3-7(4-6-9)10-11(16)19-12(17-10)8-1-2-8/h3-6,8,13H,1-2,16H2. The van der Waals surface area contributed by atoms with Crippen LogP contribution in [0.2, 0.25) is 0 Å². The molecule has 1 saturated carbocycles. The smallest absolute Gasteiger partial charge is 0.387 e. The highest BCUT2D eigenvalue weighted by molar-refractivity contribution is 7.16. The second kappa shape index (κ2) is 4.77. The lowest BCUT2D eigenvalue weighted by atomic mass is 10.1. The lowest BCUT2D eigenvalue weighted by Crippen LogP contribution is -2.01. The molecule has 1 aliphatic carbocycles.